The molecule has 0 saturated carbocycles. The zero-order valence-corrected chi connectivity index (χ0v) is 12.5. The molecular weight excluding hydrogens is 313 g/mol. The van der Waals surface area contributed by atoms with Crippen molar-refractivity contribution in [3.8, 4) is 11.4 Å². The predicted octanol–water partition coefficient (Wildman–Crippen LogP) is 3.77. The van der Waals surface area contributed by atoms with Crippen LogP contribution in [0.4, 0.5) is 13.2 Å². The molecule has 0 N–H and O–H groups in total. The summed E-state index contributed by atoms with van der Waals surface area (Å²) >= 11 is 1.50. The molecule has 3 aromatic heterocycles. The van der Waals surface area contributed by atoms with Crippen LogP contribution < -0.4 is 0 Å². The smallest absolute Gasteiger partial charge is 0.312 e. The third-order valence-corrected chi connectivity index (χ3v) is 4.05. The Hall–Kier alpha value is -2.09. The summed E-state index contributed by atoms with van der Waals surface area (Å²) in [5, 5.41) is 0. The van der Waals surface area contributed by atoms with Gasteiger partial charge in [0.2, 0.25) is 0 Å². The minimum Gasteiger partial charge on any atom is -0.312 e. The number of hydrogen-bond acceptors (Lipinski definition) is 4. The van der Waals surface area contributed by atoms with Crippen molar-refractivity contribution in [2.24, 2.45) is 7.05 Å². The second-order valence-corrected chi connectivity index (χ2v) is 5.48. The van der Waals surface area contributed by atoms with Crippen LogP contribution in [-0.4, -0.2) is 25.8 Å². The van der Waals surface area contributed by atoms with Gasteiger partial charge in [-0.2, -0.15) is 13.2 Å². The number of halogens is 3. The largest absolute Gasteiger partial charge is 0.417 e. The van der Waals surface area contributed by atoms with Crippen molar-refractivity contribution in [2.45, 2.75) is 11.1 Å². The molecule has 0 bridgehead atoms. The van der Waals surface area contributed by atoms with Gasteiger partial charge in [0.05, 0.1) is 5.56 Å². The summed E-state index contributed by atoms with van der Waals surface area (Å²) in [6.07, 6.45) is 1.63. The first-order chi connectivity index (χ1) is 10.4. The van der Waals surface area contributed by atoms with Crippen LogP contribution >= 0.6 is 11.8 Å². The van der Waals surface area contributed by atoms with Crippen molar-refractivity contribution in [2.75, 3.05) is 6.26 Å². The fourth-order valence-electron chi connectivity index (χ4n) is 2.20. The minimum atomic E-state index is -4.43. The molecule has 3 aromatic rings. The lowest BCUT2D eigenvalue weighted by atomic mass is 10.2. The van der Waals surface area contributed by atoms with Gasteiger partial charge >= 0.3 is 6.18 Å². The lowest BCUT2D eigenvalue weighted by Crippen LogP contribution is -2.05. The predicted molar refractivity (Wildman–Crippen MR) is 78.5 cm³/mol. The zero-order chi connectivity index (χ0) is 15.9. The Labute approximate surface area is 128 Å². The molecule has 22 heavy (non-hydrogen) atoms. The number of rotatable bonds is 2. The summed E-state index contributed by atoms with van der Waals surface area (Å²) < 4.78 is 40.0. The first kappa shape index (κ1) is 14.8. The highest BCUT2D eigenvalue weighted by Crippen LogP contribution is 2.33. The van der Waals surface area contributed by atoms with Gasteiger partial charge in [-0.1, -0.05) is 0 Å². The number of fused-ring (bicyclic) bond motifs is 1. The summed E-state index contributed by atoms with van der Waals surface area (Å²) in [7, 11) is 1.73. The second-order valence-electron chi connectivity index (χ2n) is 4.63. The van der Waals surface area contributed by atoms with Gasteiger partial charge < -0.3 is 4.57 Å². The van der Waals surface area contributed by atoms with Gasteiger partial charge in [-0.05, 0) is 18.4 Å². The van der Waals surface area contributed by atoms with Crippen molar-refractivity contribution in [1.82, 2.24) is 19.5 Å². The van der Waals surface area contributed by atoms with E-state index in [0.717, 1.165) is 22.7 Å². The van der Waals surface area contributed by atoms with Gasteiger partial charge in [0.25, 0.3) is 0 Å². The van der Waals surface area contributed by atoms with Crippen LogP contribution in [0.5, 0.6) is 0 Å². The number of imidazole rings is 1. The van der Waals surface area contributed by atoms with Crippen molar-refractivity contribution in [3.63, 3.8) is 0 Å². The average Bonchev–Trinajstić information content (AvgIpc) is 2.83. The number of pyridine rings is 2. The highest BCUT2D eigenvalue weighted by Gasteiger charge is 2.31. The van der Waals surface area contributed by atoms with Crippen LogP contribution in [0.15, 0.2) is 35.6 Å². The first-order valence-electron chi connectivity index (χ1n) is 6.30. The van der Waals surface area contributed by atoms with Gasteiger partial charge in [0, 0.05) is 36.1 Å². The summed E-state index contributed by atoms with van der Waals surface area (Å²) in [5.74, 6) is 0.563. The van der Waals surface area contributed by atoms with Gasteiger partial charge in [0.15, 0.2) is 5.65 Å². The van der Waals surface area contributed by atoms with Crippen molar-refractivity contribution < 1.29 is 13.2 Å². The molecule has 0 unspecified atom stereocenters. The number of aryl methyl sites for hydroxylation is 1. The molecule has 0 saturated heterocycles. The number of thioether (sulfide) groups is 1. The lowest BCUT2D eigenvalue weighted by molar-refractivity contribution is -0.137. The lowest BCUT2D eigenvalue weighted by Gasteiger charge is -2.06. The van der Waals surface area contributed by atoms with Gasteiger partial charge in [-0.15, -0.1) is 11.8 Å². The Kier molecular flexibility index (Phi) is 3.56. The van der Waals surface area contributed by atoms with Crippen LogP contribution in [0.3, 0.4) is 0 Å². The number of nitrogens with zero attached hydrogens (tertiary/aromatic N) is 4. The monoisotopic (exact) mass is 324 g/mol. The van der Waals surface area contributed by atoms with Gasteiger partial charge in [0.1, 0.15) is 11.3 Å². The van der Waals surface area contributed by atoms with E-state index in [1.165, 1.54) is 11.8 Å². The fourth-order valence-corrected chi connectivity index (χ4v) is 2.74. The Morgan fingerprint density at radius 3 is 2.68 bits per heavy atom. The minimum absolute atomic E-state index is 0.219. The highest BCUT2D eigenvalue weighted by atomic mass is 32.2. The standard InChI is InChI=1S/C14H11F3N4S/c1-21-12(9-3-4-18-7-11(9)22-2)20-10-5-8(14(15,16)17)6-19-13(10)21/h3-7H,1-2H3. The molecule has 3 rings (SSSR count). The van der Waals surface area contributed by atoms with E-state index in [-0.39, 0.29) is 5.52 Å². The Bertz CT molecular complexity index is 842. The molecule has 0 fully saturated rings. The molecule has 0 aliphatic heterocycles. The van der Waals surface area contributed by atoms with E-state index in [1.54, 1.807) is 30.1 Å². The topological polar surface area (TPSA) is 43.6 Å². The van der Waals surface area contributed by atoms with E-state index in [0.29, 0.717) is 11.5 Å². The Balaban J connectivity index is 2.22. The zero-order valence-electron chi connectivity index (χ0n) is 11.7. The van der Waals surface area contributed by atoms with Crippen LogP contribution in [0.1, 0.15) is 5.56 Å². The third-order valence-electron chi connectivity index (χ3n) is 3.28. The quantitative estimate of drug-likeness (QED) is 0.673. The van der Waals surface area contributed by atoms with Gasteiger partial charge in [-0.25, -0.2) is 9.97 Å². The van der Waals surface area contributed by atoms with Crippen molar-refractivity contribution in [1.29, 1.82) is 0 Å². The molecule has 114 valence electrons. The Morgan fingerprint density at radius 1 is 1.23 bits per heavy atom. The van der Waals surface area contributed by atoms with E-state index in [9.17, 15) is 13.2 Å². The molecule has 0 atom stereocenters. The number of alkyl halides is 3. The van der Waals surface area contributed by atoms with E-state index >= 15 is 0 Å². The Morgan fingerprint density at radius 2 is 2.00 bits per heavy atom. The van der Waals surface area contributed by atoms with E-state index in [4.69, 9.17) is 0 Å². The summed E-state index contributed by atoms with van der Waals surface area (Å²) in [6, 6.07) is 2.81. The van der Waals surface area contributed by atoms with Crippen molar-refractivity contribution >= 4 is 22.9 Å². The van der Waals surface area contributed by atoms with Crippen LogP contribution in [-0.2, 0) is 13.2 Å². The average molecular weight is 324 g/mol. The number of aromatic nitrogens is 4. The highest BCUT2D eigenvalue weighted by molar-refractivity contribution is 7.98. The molecule has 0 radical (unpaired) electrons. The molecule has 0 aliphatic rings. The van der Waals surface area contributed by atoms with Crippen LogP contribution in [0.25, 0.3) is 22.6 Å². The number of hydrogen-bond donors (Lipinski definition) is 0. The summed E-state index contributed by atoms with van der Waals surface area (Å²) in [6.45, 7) is 0. The molecule has 0 spiro atoms. The van der Waals surface area contributed by atoms with E-state index in [2.05, 4.69) is 15.0 Å². The van der Waals surface area contributed by atoms with Crippen molar-refractivity contribution in [3.05, 3.63) is 36.3 Å². The maximum Gasteiger partial charge on any atom is 0.417 e. The second kappa shape index (κ2) is 5.28. The maximum absolute atomic E-state index is 12.8. The molecule has 3 heterocycles. The summed E-state index contributed by atoms with van der Waals surface area (Å²) in [4.78, 5) is 13.2. The van der Waals surface area contributed by atoms with Gasteiger partial charge in [-0.3, -0.25) is 4.98 Å². The third kappa shape index (κ3) is 2.43. The van der Waals surface area contributed by atoms with Crippen LogP contribution in [0, 0.1) is 0 Å². The molecule has 4 nitrogen and oxygen atoms in total. The van der Waals surface area contributed by atoms with E-state index < -0.39 is 11.7 Å². The van der Waals surface area contributed by atoms with Crippen LogP contribution in [0.2, 0.25) is 0 Å². The maximum atomic E-state index is 12.8. The summed E-state index contributed by atoms with van der Waals surface area (Å²) in [5.41, 5.74) is 0.643. The molecule has 0 amide bonds. The van der Waals surface area contributed by atoms with E-state index in [1.807, 2.05) is 6.26 Å². The SMILES string of the molecule is CSc1cnccc1-c1nc2cc(C(F)(F)F)cnc2n1C. The normalized spacial score (nSPS) is 12.0. The first-order valence-corrected chi connectivity index (χ1v) is 7.52. The molecule has 0 aromatic carbocycles. The fraction of sp³-hybridized carbons (Fsp3) is 0.214. The molecule has 0 aliphatic carbocycles. The molecule has 8 heteroatoms. The molecular formula is C14H11F3N4S.